The Bertz CT molecular complexity index is 856. The van der Waals surface area contributed by atoms with Gasteiger partial charge in [-0.2, -0.15) is 0 Å². The number of nitrogens with one attached hydrogen (secondary N) is 1. The first-order valence-corrected chi connectivity index (χ1v) is 10.1. The third-order valence-corrected chi connectivity index (χ3v) is 5.61. The van der Waals surface area contributed by atoms with Crippen molar-refractivity contribution in [2.45, 2.75) is 26.1 Å². The number of ether oxygens (including phenoxy) is 1. The molecule has 1 saturated heterocycles. The van der Waals surface area contributed by atoms with Crippen LogP contribution in [0.25, 0.3) is 0 Å². The molecule has 0 spiro atoms. The highest BCUT2D eigenvalue weighted by Crippen LogP contribution is 2.24. The number of nitrogens with zero attached hydrogens (tertiary/aromatic N) is 3. The largest absolute Gasteiger partial charge is 0.487 e. The van der Waals surface area contributed by atoms with E-state index in [1.165, 1.54) is 11.1 Å². The molecular weight excluding hydrogens is 392 g/mol. The summed E-state index contributed by atoms with van der Waals surface area (Å²) in [6.07, 6.45) is 3.80. The summed E-state index contributed by atoms with van der Waals surface area (Å²) in [4.78, 5) is 11.2. The van der Waals surface area contributed by atoms with Crippen molar-refractivity contribution in [3.8, 4) is 5.75 Å². The van der Waals surface area contributed by atoms with Gasteiger partial charge < -0.3 is 10.1 Å². The van der Waals surface area contributed by atoms with Gasteiger partial charge in [0.05, 0.1) is 10.7 Å². The van der Waals surface area contributed by atoms with E-state index < -0.39 is 0 Å². The summed E-state index contributed by atoms with van der Waals surface area (Å²) in [5, 5.41) is 6.62. The Morgan fingerprint density at radius 2 is 2.11 bits per heavy atom. The van der Waals surface area contributed by atoms with Crippen LogP contribution in [0.5, 0.6) is 5.75 Å². The van der Waals surface area contributed by atoms with Crippen LogP contribution in [0.2, 0.25) is 0 Å². The zero-order valence-electron chi connectivity index (χ0n) is 15.9. The van der Waals surface area contributed by atoms with Gasteiger partial charge in [0.15, 0.2) is 0 Å². The minimum absolute atomic E-state index is 0. The highest BCUT2D eigenvalue weighted by molar-refractivity contribution is 7.09. The molecule has 4 rings (SSSR count). The van der Waals surface area contributed by atoms with Gasteiger partial charge in [0.25, 0.3) is 0 Å². The molecule has 1 fully saturated rings. The lowest BCUT2D eigenvalue weighted by molar-refractivity contribution is 0.153. The normalized spacial score (nSPS) is 17.1. The summed E-state index contributed by atoms with van der Waals surface area (Å²) in [5.41, 5.74) is 3.55. The van der Waals surface area contributed by atoms with Crippen molar-refractivity contribution in [2.75, 3.05) is 19.6 Å². The molecule has 1 aromatic carbocycles. The Kier molecular flexibility index (Phi) is 7.39. The number of aromatic nitrogens is 2. The molecule has 0 amide bonds. The standard InChI is InChI=1S/C21H24N4OS.ClH/c1-16-24-19(15-27-16)14-26-20-6-4-17(5-7-20)13-25-10-9-23-12-21(25)18-3-2-8-22-11-18;/h2-8,11,15,21,23H,9-10,12-14H2,1H3;1H. The molecular formula is C21H25ClN4OS. The molecule has 1 aliphatic rings. The molecule has 28 heavy (non-hydrogen) atoms. The zero-order chi connectivity index (χ0) is 18.5. The van der Waals surface area contributed by atoms with E-state index in [1.807, 2.05) is 30.8 Å². The molecule has 1 unspecified atom stereocenters. The first-order valence-electron chi connectivity index (χ1n) is 9.25. The fraction of sp³-hybridized carbons (Fsp3) is 0.333. The molecule has 5 nitrogen and oxygen atoms in total. The molecule has 3 aromatic rings. The average molecular weight is 417 g/mol. The van der Waals surface area contributed by atoms with Gasteiger partial charge in [-0.15, -0.1) is 23.7 Å². The summed E-state index contributed by atoms with van der Waals surface area (Å²) in [5.74, 6) is 0.883. The van der Waals surface area contributed by atoms with Crippen LogP contribution >= 0.6 is 23.7 Å². The van der Waals surface area contributed by atoms with Crippen molar-refractivity contribution in [3.05, 3.63) is 76.0 Å². The summed E-state index contributed by atoms with van der Waals surface area (Å²) in [7, 11) is 0. The highest BCUT2D eigenvalue weighted by atomic mass is 35.5. The molecule has 2 aromatic heterocycles. The maximum absolute atomic E-state index is 5.85. The SMILES string of the molecule is Cc1nc(COc2ccc(CN3CCNCC3c3cccnc3)cc2)cs1.Cl. The molecule has 0 bridgehead atoms. The summed E-state index contributed by atoms with van der Waals surface area (Å²) in [6.45, 7) is 6.46. The number of thiazole rings is 1. The van der Waals surface area contributed by atoms with E-state index in [1.54, 1.807) is 11.3 Å². The van der Waals surface area contributed by atoms with Gasteiger partial charge in [0, 0.05) is 50.0 Å². The van der Waals surface area contributed by atoms with Crippen molar-refractivity contribution in [1.82, 2.24) is 20.2 Å². The number of benzene rings is 1. The van der Waals surface area contributed by atoms with Crippen LogP contribution in [0.4, 0.5) is 0 Å². The molecule has 7 heteroatoms. The van der Waals surface area contributed by atoms with E-state index in [9.17, 15) is 0 Å². The molecule has 1 N–H and O–H groups in total. The van der Waals surface area contributed by atoms with Gasteiger partial charge >= 0.3 is 0 Å². The van der Waals surface area contributed by atoms with E-state index in [0.29, 0.717) is 12.6 Å². The quantitative estimate of drug-likeness (QED) is 0.658. The van der Waals surface area contributed by atoms with Crippen LogP contribution in [0, 0.1) is 6.92 Å². The number of hydrogen-bond donors (Lipinski definition) is 1. The van der Waals surface area contributed by atoms with Crippen molar-refractivity contribution < 1.29 is 4.74 Å². The summed E-state index contributed by atoms with van der Waals surface area (Å²) in [6, 6.07) is 12.9. The molecule has 148 valence electrons. The Balaban J connectivity index is 0.00000225. The average Bonchev–Trinajstić information content (AvgIpc) is 3.14. The second-order valence-corrected chi connectivity index (χ2v) is 7.83. The number of pyridine rings is 1. The van der Waals surface area contributed by atoms with Crippen LogP contribution in [0.15, 0.2) is 54.2 Å². The minimum Gasteiger partial charge on any atom is -0.487 e. The predicted molar refractivity (Wildman–Crippen MR) is 115 cm³/mol. The number of halogens is 1. The van der Waals surface area contributed by atoms with Gasteiger partial charge in [0.2, 0.25) is 0 Å². The Morgan fingerprint density at radius 3 is 2.82 bits per heavy atom. The van der Waals surface area contributed by atoms with Gasteiger partial charge in [0.1, 0.15) is 12.4 Å². The van der Waals surface area contributed by atoms with Gasteiger partial charge in [-0.05, 0) is 36.2 Å². The van der Waals surface area contributed by atoms with E-state index in [2.05, 4.69) is 50.5 Å². The van der Waals surface area contributed by atoms with E-state index >= 15 is 0 Å². The third-order valence-electron chi connectivity index (χ3n) is 4.79. The smallest absolute Gasteiger partial charge is 0.131 e. The number of hydrogen-bond acceptors (Lipinski definition) is 6. The highest BCUT2D eigenvalue weighted by Gasteiger charge is 2.23. The van der Waals surface area contributed by atoms with Gasteiger partial charge in [-0.3, -0.25) is 9.88 Å². The molecule has 0 aliphatic carbocycles. The first-order chi connectivity index (χ1) is 13.3. The Hall–Kier alpha value is -1.99. The fourth-order valence-electron chi connectivity index (χ4n) is 3.39. The number of piperazine rings is 1. The Morgan fingerprint density at radius 1 is 1.25 bits per heavy atom. The molecule has 0 saturated carbocycles. The van der Waals surface area contributed by atoms with E-state index in [0.717, 1.165) is 42.6 Å². The van der Waals surface area contributed by atoms with Crippen molar-refractivity contribution in [1.29, 1.82) is 0 Å². The van der Waals surface area contributed by atoms with Crippen molar-refractivity contribution in [3.63, 3.8) is 0 Å². The lowest BCUT2D eigenvalue weighted by Crippen LogP contribution is -2.45. The summed E-state index contributed by atoms with van der Waals surface area (Å²) >= 11 is 1.65. The van der Waals surface area contributed by atoms with Crippen LogP contribution in [-0.4, -0.2) is 34.5 Å². The maximum atomic E-state index is 5.85. The number of aryl methyl sites for hydroxylation is 1. The Labute approximate surface area is 176 Å². The van der Waals surface area contributed by atoms with E-state index in [-0.39, 0.29) is 12.4 Å². The van der Waals surface area contributed by atoms with Gasteiger partial charge in [-0.1, -0.05) is 18.2 Å². The topological polar surface area (TPSA) is 50.3 Å². The van der Waals surface area contributed by atoms with Crippen molar-refractivity contribution >= 4 is 23.7 Å². The fourth-order valence-corrected chi connectivity index (χ4v) is 3.99. The van der Waals surface area contributed by atoms with Crippen LogP contribution < -0.4 is 10.1 Å². The minimum atomic E-state index is 0. The maximum Gasteiger partial charge on any atom is 0.131 e. The predicted octanol–water partition coefficient (Wildman–Crippen LogP) is 3.99. The lowest BCUT2D eigenvalue weighted by atomic mass is 10.0. The third kappa shape index (κ3) is 5.29. The lowest BCUT2D eigenvalue weighted by Gasteiger charge is -2.36. The molecule has 1 atom stereocenters. The van der Waals surface area contributed by atoms with Crippen molar-refractivity contribution in [2.24, 2.45) is 0 Å². The van der Waals surface area contributed by atoms with Crippen LogP contribution in [-0.2, 0) is 13.2 Å². The second kappa shape index (κ2) is 9.98. The van der Waals surface area contributed by atoms with Gasteiger partial charge in [-0.25, -0.2) is 4.98 Å². The first kappa shape index (κ1) is 20.7. The second-order valence-electron chi connectivity index (χ2n) is 6.77. The van der Waals surface area contributed by atoms with E-state index in [4.69, 9.17) is 4.74 Å². The van der Waals surface area contributed by atoms with Crippen LogP contribution in [0.1, 0.15) is 27.9 Å². The summed E-state index contributed by atoms with van der Waals surface area (Å²) < 4.78 is 5.85. The zero-order valence-corrected chi connectivity index (χ0v) is 17.5. The molecule has 3 heterocycles. The van der Waals surface area contributed by atoms with Crippen LogP contribution in [0.3, 0.4) is 0 Å². The molecule has 1 aliphatic heterocycles. The molecule has 0 radical (unpaired) electrons. The number of rotatable bonds is 6. The monoisotopic (exact) mass is 416 g/mol.